The SMILES string of the molecule is O=C(Nc1ncc(B(O)O)s1)c1ccc(Cl)s1. The Labute approximate surface area is 110 Å². The van der Waals surface area contributed by atoms with Crippen molar-refractivity contribution < 1.29 is 14.8 Å². The molecule has 2 heterocycles. The van der Waals surface area contributed by atoms with Gasteiger partial charge in [0.15, 0.2) is 5.13 Å². The Kier molecular flexibility index (Phi) is 3.80. The summed E-state index contributed by atoms with van der Waals surface area (Å²) in [4.78, 5) is 16.0. The Morgan fingerprint density at radius 3 is 2.71 bits per heavy atom. The molecule has 0 aromatic carbocycles. The predicted octanol–water partition coefficient (Wildman–Crippen LogP) is 0.790. The highest BCUT2D eigenvalue weighted by Crippen LogP contribution is 2.22. The topological polar surface area (TPSA) is 82.5 Å². The van der Waals surface area contributed by atoms with Crippen LogP contribution in [-0.2, 0) is 0 Å². The molecule has 0 fully saturated rings. The second kappa shape index (κ2) is 5.15. The standard InChI is InChI=1S/C8H6BClN2O3S2/c10-6-2-1-4(16-6)7(13)12-8-11-3-5(17-8)9(14)15/h1-3,14-15H,(H,11,12,13). The lowest BCUT2D eigenvalue weighted by Crippen LogP contribution is -2.26. The van der Waals surface area contributed by atoms with Gasteiger partial charge in [0.05, 0.1) is 14.0 Å². The Bertz CT molecular complexity index is 542. The minimum Gasteiger partial charge on any atom is -0.423 e. The molecule has 2 rings (SSSR count). The van der Waals surface area contributed by atoms with E-state index in [2.05, 4.69) is 10.3 Å². The first-order valence-electron chi connectivity index (χ1n) is 4.45. The number of hydrogen-bond donors (Lipinski definition) is 3. The Morgan fingerprint density at radius 1 is 1.41 bits per heavy atom. The van der Waals surface area contributed by atoms with Crippen LogP contribution in [-0.4, -0.2) is 28.1 Å². The van der Waals surface area contributed by atoms with E-state index in [1.54, 1.807) is 12.1 Å². The molecule has 2 aromatic heterocycles. The molecular weight excluding hydrogens is 282 g/mol. The van der Waals surface area contributed by atoms with Crippen molar-refractivity contribution in [3.05, 3.63) is 27.5 Å². The number of halogens is 1. The average molecular weight is 289 g/mol. The summed E-state index contributed by atoms with van der Waals surface area (Å²) in [6, 6.07) is 3.24. The number of rotatable bonds is 3. The van der Waals surface area contributed by atoms with Crippen molar-refractivity contribution in [1.29, 1.82) is 0 Å². The van der Waals surface area contributed by atoms with Crippen molar-refractivity contribution in [2.24, 2.45) is 0 Å². The molecule has 9 heteroatoms. The highest BCUT2D eigenvalue weighted by molar-refractivity contribution is 7.25. The zero-order valence-electron chi connectivity index (χ0n) is 8.25. The van der Waals surface area contributed by atoms with E-state index in [4.69, 9.17) is 21.6 Å². The van der Waals surface area contributed by atoms with Gasteiger partial charge in [0.25, 0.3) is 5.91 Å². The molecule has 0 aliphatic carbocycles. The third-order valence-corrected chi connectivity index (χ3v) is 3.98. The fourth-order valence-corrected chi connectivity index (χ4v) is 2.68. The third kappa shape index (κ3) is 3.05. The predicted molar refractivity (Wildman–Crippen MR) is 69.2 cm³/mol. The van der Waals surface area contributed by atoms with Crippen LogP contribution < -0.4 is 10.1 Å². The number of carbonyl (C=O) groups is 1. The van der Waals surface area contributed by atoms with Crippen LogP contribution in [0.3, 0.4) is 0 Å². The van der Waals surface area contributed by atoms with Crippen LogP contribution in [0, 0.1) is 0 Å². The van der Waals surface area contributed by atoms with E-state index in [1.807, 2.05) is 0 Å². The van der Waals surface area contributed by atoms with Gasteiger partial charge in [0.1, 0.15) is 0 Å². The number of nitrogens with zero attached hydrogens (tertiary/aromatic N) is 1. The first-order valence-corrected chi connectivity index (χ1v) is 6.46. The number of anilines is 1. The third-order valence-electron chi connectivity index (χ3n) is 1.80. The molecule has 2 aromatic rings. The van der Waals surface area contributed by atoms with Gasteiger partial charge in [0, 0.05) is 6.20 Å². The lowest BCUT2D eigenvalue weighted by atomic mass is 9.91. The molecule has 0 aliphatic rings. The van der Waals surface area contributed by atoms with Gasteiger partial charge in [-0.3, -0.25) is 10.1 Å². The van der Waals surface area contributed by atoms with E-state index in [9.17, 15) is 4.79 Å². The molecule has 0 bridgehead atoms. The van der Waals surface area contributed by atoms with Crippen molar-refractivity contribution >= 4 is 57.2 Å². The summed E-state index contributed by atoms with van der Waals surface area (Å²) in [5.74, 6) is -0.324. The molecule has 88 valence electrons. The molecule has 0 radical (unpaired) electrons. The second-order valence-electron chi connectivity index (χ2n) is 3.00. The van der Waals surface area contributed by atoms with E-state index >= 15 is 0 Å². The van der Waals surface area contributed by atoms with Crippen molar-refractivity contribution in [2.45, 2.75) is 0 Å². The Morgan fingerprint density at radius 2 is 2.18 bits per heavy atom. The van der Waals surface area contributed by atoms with Crippen molar-refractivity contribution in [3.8, 4) is 0 Å². The quantitative estimate of drug-likeness (QED) is 0.729. The van der Waals surface area contributed by atoms with Crippen LogP contribution in [0.1, 0.15) is 9.67 Å². The number of hydrogen-bond acceptors (Lipinski definition) is 6. The van der Waals surface area contributed by atoms with Gasteiger partial charge >= 0.3 is 7.12 Å². The largest absolute Gasteiger partial charge is 0.500 e. The smallest absolute Gasteiger partial charge is 0.423 e. The van der Waals surface area contributed by atoms with Gasteiger partial charge in [-0.05, 0) is 12.1 Å². The van der Waals surface area contributed by atoms with Crippen LogP contribution >= 0.6 is 34.3 Å². The van der Waals surface area contributed by atoms with E-state index in [0.717, 1.165) is 22.7 Å². The minimum atomic E-state index is -1.57. The highest BCUT2D eigenvalue weighted by Gasteiger charge is 2.17. The van der Waals surface area contributed by atoms with Crippen molar-refractivity contribution in [1.82, 2.24) is 4.98 Å². The van der Waals surface area contributed by atoms with Gasteiger partial charge in [-0.1, -0.05) is 11.6 Å². The van der Waals surface area contributed by atoms with E-state index in [0.29, 0.717) is 14.3 Å². The maximum Gasteiger partial charge on any atom is 0.500 e. The Balaban J connectivity index is 2.07. The molecule has 17 heavy (non-hydrogen) atoms. The van der Waals surface area contributed by atoms with Crippen molar-refractivity contribution in [2.75, 3.05) is 5.32 Å². The average Bonchev–Trinajstić information content (AvgIpc) is 2.86. The fraction of sp³-hybridized carbons (Fsp3) is 0. The summed E-state index contributed by atoms with van der Waals surface area (Å²) in [6.07, 6.45) is 1.30. The molecule has 0 spiro atoms. The number of aromatic nitrogens is 1. The summed E-state index contributed by atoms with van der Waals surface area (Å²) < 4.78 is 0.797. The molecule has 3 N–H and O–H groups in total. The van der Waals surface area contributed by atoms with E-state index < -0.39 is 7.12 Å². The normalized spacial score (nSPS) is 10.3. The van der Waals surface area contributed by atoms with E-state index in [-0.39, 0.29) is 10.7 Å². The first kappa shape index (κ1) is 12.5. The summed E-state index contributed by atoms with van der Waals surface area (Å²) in [6.45, 7) is 0. The van der Waals surface area contributed by atoms with Gasteiger partial charge in [-0.25, -0.2) is 4.98 Å². The number of thiazole rings is 1. The summed E-state index contributed by atoms with van der Waals surface area (Å²) in [7, 11) is -1.57. The van der Waals surface area contributed by atoms with Crippen LogP contribution in [0.2, 0.25) is 4.34 Å². The first-order chi connectivity index (χ1) is 8.06. The summed E-state index contributed by atoms with van der Waals surface area (Å²) in [5, 5.41) is 20.6. The summed E-state index contributed by atoms with van der Waals surface area (Å²) in [5.41, 5.74) is 0. The van der Waals surface area contributed by atoms with Gasteiger partial charge < -0.3 is 10.0 Å². The van der Waals surface area contributed by atoms with Crippen LogP contribution in [0.15, 0.2) is 18.3 Å². The molecule has 0 atom stereocenters. The maximum atomic E-state index is 11.7. The highest BCUT2D eigenvalue weighted by atomic mass is 35.5. The number of carbonyl (C=O) groups excluding carboxylic acids is 1. The molecule has 0 saturated carbocycles. The fourth-order valence-electron chi connectivity index (χ4n) is 1.06. The van der Waals surface area contributed by atoms with Gasteiger partial charge in [0.2, 0.25) is 0 Å². The number of nitrogens with one attached hydrogen (secondary N) is 1. The van der Waals surface area contributed by atoms with E-state index in [1.165, 1.54) is 6.20 Å². The molecule has 0 saturated heterocycles. The zero-order chi connectivity index (χ0) is 12.4. The summed E-state index contributed by atoms with van der Waals surface area (Å²) >= 11 is 7.87. The molecular formula is C8H6BClN2O3S2. The molecule has 5 nitrogen and oxygen atoms in total. The second-order valence-corrected chi connectivity index (χ2v) is 5.78. The lowest BCUT2D eigenvalue weighted by Gasteiger charge is -1.97. The van der Waals surface area contributed by atoms with Crippen LogP contribution in [0.4, 0.5) is 5.13 Å². The van der Waals surface area contributed by atoms with Crippen molar-refractivity contribution in [3.63, 3.8) is 0 Å². The van der Waals surface area contributed by atoms with Gasteiger partial charge in [-0.2, -0.15) is 0 Å². The monoisotopic (exact) mass is 288 g/mol. The molecule has 1 amide bonds. The Hall–Kier alpha value is -0.925. The zero-order valence-corrected chi connectivity index (χ0v) is 10.6. The van der Waals surface area contributed by atoms with Crippen LogP contribution in [0.5, 0.6) is 0 Å². The maximum absolute atomic E-state index is 11.7. The van der Waals surface area contributed by atoms with Gasteiger partial charge in [-0.15, -0.1) is 22.7 Å². The lowest BCUT2D eigenvalue weighted by molar-refractivity contribution is 0.103. The molecule has 0 unspecified atom stereocenters. The van der Waals surface area contributed by atoms with Crippen LogP contribution in [0.25, 0.3) is 0 Å². The minimum absolute atomic E-state index is 0.268. The number of thiophene rings is 1. The number of amides is 1. The molecule has 0 aliphatic heterocycles.